The number of carbonyl (C=O) groups excluding carboxylic acids is 1. The molecule has 1 amide bonds. The van der Waals surface area contributed by atoms with Crippen molar-refractivity contribution in [2.45, 2.75) is 84.3 Å². The van der Waals surface area contributed by atoms with Crippen molar-refractivity contribution in [3.05, 3.63) is 0 Å². The summed E-state index contributed by atoms with van der Waals surface area (Å²) in [4.78, 5) is 14.6. The van der Waals surface area contributed by atoms with Crippen molar-refractivity contribution in [3.63, 3.8) is 0 Å². The van der Waals surface area contributed by atoms with E-state index in [1.54, 1.807) is 0 Å². The normalized spacial score (nSPS) is 35.2. The molecule has 0 aliphatic carbocycles. The molecule has 0 aromatic carbocycles. The van der Waals surface area contributed by atoms with Gasteiger partial charge in [0.2, 0.25) is 5.91 Å². The minimum atomic E-state index is -0.0659. The molecule has 18 heavy (non-hydrogen) atoms. The van der Waals surface area contributed by atoms with Crippen molar-refractivity contribution in [2.24, 2.45) is 0 Å². The maximum absolute atomic E-state index is 12.0. The Labute approximate surface area is 112 Å². The van der Waals surface area contributed by atoms with Crippen LogP contribution in [0.25, 0.3) is 0 Å². The monoisotopic (exact) mass is 254 g/mol. The number of carbonyl (C=O) groups is 1. The Morgan fingerprint density at radius 1 is 1.17 bits per heavy atom. The molecule has 0 radical (unpaired) electrons. The Morgan fingerprint density at radius 3 is 2.06 bits per heavy atom. The summed E-state index contributed by atoms with van der Waals surface area (Å²) in [5.74, 6) is 0.186. The van der Waals surface area contributed by atoms with E-state index < -0.39 is 0 Å². The number of amides is 1. The molecule has 0 spiro atoms. The quantitative estimate of drug-likeness (QED) is 0.821. The zero-order valence-electron chi connectivity index (χ0n) is 13.2. The Balaban J connectivity index is 3.32. The van der Waals surface area contributed by atoms with Gasteiger partial charge in [0, 0.05) is 29.6 Å². The number of hydrogen-bond acceptors (Lipinski definition) is 2. The molecule has 0 aromatic heterocycles. The van der Waals surface area contributed by atoms with Crippen molar-refractivity contribution >= 4 is 5.91 Å². The van der Waals surface area contributed by atoms with Crippen molar-refractivity contribution < 1.29 is 4.79 Å². The first-order valence-corrected chi connectivity index (χ1v) is 7.16. The highest BCUT2D eigenvalue weighted by Gasteiger charge is 2.49. The Bertz CT molecular complexity index is 321. The lowest BCUT2D eigenvalue weighted by atomic mass is 9.81. The highest BCUT2D eigenvalue weighted by molar-refractivity contribution is 5.77. The summed E-state index contributed by atoms with van der Waals surface area (Å²) in [6, 6.07) is 0. The molecule has 1 fully saturated rings. The Morgan fingerprint density at radius 2 is 1.67 bits per heavy atom. The first-order chi connectivity index (χ1) is 8.09. The summed E-state index contributed by atoms with van der Waals surface area (Å²) >= 11 is 0. The molecule has 1 aliphatic heterocycles. The van der Waals surface area contributed by atoms with Crippen molar-refractivity contribution in [3.8, 4) is 0 Å². The van der Waals surface area contributed by atoms with Gasteiger partial charge in [-0.1, -0.05) is 13.8 Å². The Kier molecular flexibility index (Phi) is 4.16. The number of rotatable bonds is 2. The van der Waals surface area contributed by atoms with Gasteiger partial charge in [-0.15, -0.1) is 0 Å². The van der Waals surface area contributed by atoms with Crippen molar-refractivity contribution in [2.75, 3.05) is 6.54 Å². The molecule has 0 bridgehead atoms. The third-order valence-corrected chi connectivity index (χ3v) is 4.48. The molecule has 3 heteroatoms. The summed E-state index contributed by atoms with van der Waals surface area (Å²) in [6.07, 6.45) is 2.63. The van der Waals surface area contributed by atoms with Gasteiger partial charge in [-0.05, 0) is 47.5 Å². The predicted octanol–water partition coefficient (Wildman–Crippen LogP) is 2.94. The fourth-order valence-corrected chi connectivity index (χ4v) is 3.69. The molecule has 0 aromatic rings. The zero-order chi connectivity index (χ0) is 14.2. The second-order valence-electron chi connectivity index (χ2n) is 7.16. The van der Waals surface area contributed by atoms with Crippen LogP contribution in [0.2, 0.25) is 0 Å². The highest BCUT2D eigenvalue weighted by atomic mass is 16.1. The smallest absolute Gasteiger partial charge is 0.221 e. The van der Waals surface area contributed by atoms with Gasteiger partial charge in [0.25, 0.3) is 0 Å². The van der Waals surface area contributed by atoms with E-state index in [1.807, 2.05) is 0 Å². The second kappa shape index (κ2) is 4.84. The van der Waals surface area contributed by atoms with Crippen LogP contribution in [0, 0.1) is 0 Å². The lowest BCUT2D eigenvalue weighted by molar-refractivity contribution is -0.123. The summed E-state index contributed by atoms with van der Waals surface area (Å²) < 4.78 is 0. The van der Waals surface area contributed by atoms with Gasteiger partial charge < -0.3 is 5.32 Å². The third kappa shape index (κ3) is 2.71. The minimum Gasteiger partial charge on any atom is -0.354 e. The van der Waals surface area contributed by atoms with Gasteiger partial charge in [0.15, 0.2) is 0 Å². The van der Waals surface area contributed by atoms with Gasteiger partial charge in [-0.3, -0.25) is 9.69 Å². The highest BCUT2D eigenvalue weighted by Crippen LogP contribution is 2.40. The van der Waals surface area contributed by atoms with E-state index in [-0.39, 0.29) is 22.5 Å². The fraction of sp³-hybridized carbons (Fsp3) is 0.933. The van der Waals surface area contributed by atoms with Crippen LogP contribution in [0.4, 0.5) is 0 Å². The van der Waals surface area contributed by atoms with E-state index >= 15 is 0 Å². The minimum absolute atomic E-state index is 0.0230. The van der Waals surface area contributed by atoms with Crippen LogP contribution >= 0.6 is 0 Å². The topological polar surface area (TPSA) is 32.3 Å². The van der Waals surface area contributed by atoms with Gasteiger partial charge in [0.1, 0.15) is 0 Å². The number of nitrogens with zero attached hydrogens (tertiary/aromatic N) is 1. The predicted molar refractivity (Wildman–Crippen MR) is 76.6 cm³/mol. The van der Waals surface area contributed by atoms with Crippen molar-refractivity contribution in [1.82, 2.24) is 10.2 Å². The molecule has 106 valence electrons. The second-order valence-corrected chi connectivity index (χ2v) is 7.16. The lowest BCUT2D eigenvalue weighted by Gasteiger charge is -2.56. The lowest BCUT2D eigenvalue weighted by Crippen LogP contribution is -2.65. The molecule has 1 aliphatic rings. The maximum Gasteiger partial charge on any atom is 0.221 e. The van der Waals surface area contributed by atoms with Gasteiger partial charge in [0.05, 0.1) is 0 Å². The molecule has 1 rings (SSSR count). The molecule has 2 atom stereocenters. The van der Waals surface area contributed by atoms with E-state index in [0.29, 0.717) is 6.42 Å². The van der Waals surface area contributed by atoms with Gasteiger partial charge in [-0.25, -0.2) is 0 Å². The number of hydrogen-bond donors (Lipinski definition) is 1. The summed E-state index contributed by atoms with van der Waals surface area (Å²) in [5, 5.41) is 3.10. The molecule has 0 saturated carbocycles. The largest absolute Gasteiger partial charge is 0.354 e. The fourth-order valence-electron chi connectivity index (χ4n) is 3.69. The van der Waals surface area contributed by atoms with E-state index in [1.165, 1.54) is 0 Å². The van der Waals surface area contributed by atoms with E-state index in [4.69, 9.17) is 0 Å². The third-order valence-electron chi connectivity index (χ3n) is 4.48. The molecule has 1 heterocycles. The van der Waals surface area contributed by atoms with Crippen molar-refractivity contribution in [1.29, 1.82) is 0 Å². The molecule has 1 saturated heterocycles. The van der Waals surface area contributed by atoms with Crippen LogP contribution < -0.4 is 5.32 Å². The average molecular weight is 254 g/mol. The van der Waals surface area contributed by atoms with Gasteiger partial charge in [-0.2, -0.15) is 0 Å². The summed E-state index contributed by atoms with van der Waals surface area (Å²) in [7, 11) is 0. The average Bonchev–Trinajstić information content (AvgIpc) is 2.34. The van der Waals surface area contributed by atoms with Crippen LogP contribution in [0.1, 0.15) is 67.7 Å². The standard InChI is InChI=1S/C15H30N2O/c1-8-14(6)10-12(18)16-11-15(7,9-2)17(14)13(3,4)5/h8-11H2,1-7H3,(H,16,18). The molecule has 1 N–H and O–H groups in total. The van der Waals surface area contributed by atoms with Gasteiger partial charge >= 0.3 is 0 Å². The zero-order valence-corrected chi connectivity index (χ0v) is 13.2. The van der Waals surface area contributed by atoms with E-state index in [2.05, 4.69) is 58.7 Å². The molecule has 2 unspecified atom stereocenters. The first kappa shape index (κ1) is 15.5. The summed E-state index contributed by atoms with van der Waals surface area (Å²) in [5.41, 5.74) is 0.0145. The summed E-state index contributed by atoms with van der Waals surface area (Å²) in [6.45, 7) is 16.4. The van der Waals surface area contributed by atoms with Crippen LogP contribution in [0.15, 0.2) is 0 Å². The first-order valence-electron chi connectivity index (χ1n) is 7.16. The number of nitrogens with one attached hydrogen (secondary N) is 1. The van der Waals surface area contributed by atoms with Crippen LogP contribution in [-0.2, 0) is 4.79 Å². The van der Waals surface area contributed by atoms with E-state index in [0.717, 1.165) is 19.4 Å². The molecule has 3 nitrogen and oxygen atoms in total. The Hall–Kier alpha value is -0.570. The SMILES string of the molecule is CCC1(C)CNC(=O)CC(C)(CC)N1C(C)(C)C. The molecular weight excluding hydrogens is 224 g/mol. The maximum atomic E-state index is 12.0. The molecular formula is C15H30N2O. The van der Waals surface area contributed by atoms with Crippen LogP contribution in [0.5, 0.6) is 0 Å². The van der Waals surface area contributed by atoms with Crippen LogP contribution in [0.3, 0.4) is 0 Å². The van der Waals surface area contributed by atoms with Crippen LogP contribution in [-0.4, -0.2) is 34.0 Å². The van der Waals surface area contributed by atoms with E-state index in [9.17, 15) is 4.79 Å².